The second-order valence-electron chi connectivity index (χ2n) is 4.64. The summed E-state index contributed by atoms with van der Waals surface area (Å²) in [7, 11) is 0. The van der Waals surface area contributed by atoms with Crippen LogP contribution in [0.25, 0.3) is 0 Å². The average molecular weight is 345 g/mol. The molecule has 0 aliphatic heterocycles. The lowest BCUT2D eigenvalue weighted by Gasteiger charge is -2.09. The van der Waals surface area contributed by atoms with Gasteiger partial charge in [0.1, 0.15) is 17.5 Å². The summed E-state index contributed by atoms with van der Waals surface area (Å²) in [4.78, 5) is 0. The molecule has 0 saturated heterocycles. The molecule has 1 aromatic heterocycles. The highest BCUT2D eigenvalue weighted by Crippen LogP contribution is 2.37. The van der Waals surface area contributed by atoms with Crippen LogP contribution < -0.4 is 0 Å². The highest BCUT2D eigenvalue weighted by Gasteiger charge is 2.29. The van der Waals surface area contributed by atoms with Gasteiger partial charge in [0, 0.05) is 23.0 Å². The van der Waals surface area contributed by atoms with E-state index in [0.717, 1.165) is 24.5 Å². The lowest BCUT2D eigenvalue weighted by atomic mass is 10.1. The van der Waals surface area contributed by atoms with E-state index in [1.54, 1.807) is 12.1 Å². The molecule has 6 heteroatoms. The van der Waals surface area contributed by atoms with Crippen molar-refractivity contribution in [3.05, 3.63) is 46.3 Å². The molecule has 0 spiro atoms. The van der Waals surface area contributed by atoms with E-state index in [1.807, 2.05) is 0 Å². The summed E-state index contributed by atoms with van der Waals surface area (Å²) < 4.78 is 15.9. The maximum absolute atomic E-state index is 13.8. The third kappa shape index (κ3) is 2.54. The molecule has 0 unspecified atom stereocenters. The summed E-state index contributed by atoms with van der Waals surface area (Å²) >= 11 is 9.47. The second kappa shape index (κ2) is 5.21. The van der Waals surface area contributed by atoms with Crippen LogP contribution in [0.5, 0.6) is 0 Å². The molecule has 0 atom stereocenters. The summed E-state index contributed by atoms with van der Waals surface area (Å²) in [6.45, 7) is 0. The molecule has 1 aliphatic carbocycles. The molecule has 1 aliphatic rings. The highest BCUT2D eigenvalue weighted by atomic mass is 79.9. The number of rotatable bonds is 4. The molecular formula is C13H12BrClFN3. The van der Waals surface area contributed by atoms with Crippen LogP contribution in [-0.2, 0) is 11.8 Å². The molecule has 2 aromatic rings. The Morgan fingerprint density at radius 2 is 2.05 bits per heavy atom. The van der Waals surface area contributed by atoms with E-state index in [-0.39, 0.29) is 5.82 Å². The van der Waals surface area contributed by atoms with Crippen LogP contribution in [0, 0.1) is 5.82 Å². The molecule has 1 saturated carbocycles. The SMILES string of the molecule is Fc1cccc(Cl)c1Cc1nnc(CBr)n1C1CC1. The summed E-state index contributed by atoms with van der Waals surface area (Å²) in [5.74, 6) is 1.38. The molecule has 1 heterocycles. The van der Waals surface area contributed by atoms with Gasteiger partial charge in [-0.25, -0.2) is 4.39 Å². The summed E-state index contributed by atoms with van der Waals surface area (Å²) in [5, 5.41) is 9.43. The Morgan fingerprint density at radius 3 is 2.68 bits per heavy atom. The van der Waals surface area contributed by atoms with Crippen molar-refractivity contribution in [2.75, 3.05) is 0 Å². The zero-order valence-corrected chi connectivity index (χ0v) is 12.5. The van der Waals surface area contributed by atoms with Gasteiger partial charge in [-0.3, -0.25) is 0 Å². The van der Waals surface area contributed by atoms with Crippen LogP contribution in [0.1, 0.15) is 36.1 Å². The van der Waals surface area contributed by atoms with Gasteiger partial charge in [0.15, 0.2) is 0 Å². The molecule has 3 nitrogen and oxygen atoms in total. The van der Waals surface area contributed by atoms with Gasteiger partial charge in [0.05, 0.1) is 5.33 Å². The maximum atomic E-state index is 13.8. The Kier molecular flexibility index (Phi) is 3.58. The first-order valence-corrected chi connectivity index (χ1v) is 7.62. The maximum Gasteiger partial charge on any atom is 0.143 e. The molecule has 0 bridgehead atoms. The van der Waals surface area contributed by atoms with E-state index < -0.39 is 0 Å². The first kappa shape index (κ1) is 13.1. The molecule has 100 valence electrons. The number of nitrogens with zero attached hydrogens (tertiary/aromatic N) is 3. The molecular weight excluding hydrogens is 333 g/mol. The number of halogens is 3. The fraction of sp³-hybridized carbons (Fsp3) is 0.385. The van der Waals surface area contributed by atoms with Crippen LogP contribution in [0.3, 0.4) is 0 Å². The Labute approximate surface area is 123 Å². The minimum atomic E-state index is -0.293. The summed E-state index contributed by atoms with van der Waals surface area (Å²) in [6.07, 6.45) is 2.65. The van der Waals surface area contributed by atoms with Crippen LogP contribution in [0.15, 0.2) is 18.2 Å². The summed E-state index contributed by atoms with van der Waals surface area (Å²) in [5.41, 5.74) is 0.486. The van der Waals surface area contributed by atoms with Gasteiger partial charge in [-0.05, 0) is 25.0 Å². The van der Waals surface area contributed by atoms with Crippen molar-refractivity contribution < 1.29 is 4.39 Å². The molecule has 0 amide bonds. The zero-order chi connectivity index (χ0) is 13.4. The van der Waals surface area contributed by atoms with E-state index in [2.05, 4.69) is 30.7 Å². The van der Waals surface area contributed by atoms with E-state index >= 15 is 0 Å². The quantitative estimate of drug-likeness (QED) is 0.788. The Bertz CT molecular complexity index is 590. The van der Waals surface area contributed by atoms with Crippen molar-refractivity contribution in [1.82, 2.24) is 14.8 Å². The third-order valence-electron chi connectivity index (χ3n) is 3.27. The number of alkyl halides is 1. The van der Waals surface area contributed by atoms with Crippen LogP contribution in [0.4, 0.5) is 4.39 Å². The van der Waals surface area contributed by atoms with Gasteiger partial charge in [-0.15, -0.1) is 10.2 Å². The van der Waals surface area contributed by atoms with Gasteiger partial charge in [-0.1, -0.05) is 33.6 Å². The van der Waals surface area contributed by atoms with Crippen molar-refractivity contribution in [2.45, 2.75) is 30.6 Å². The van der Waals surface area contributed by atoms with Crippen molar-refractivity contribution in [2.24, 2.45) is 0 Å². The molecule has 0 N–H and O–H groups in total. The molecule has 1 aromatic carbocycles. The number of benzene rings is 1. The van der Waals surface area contributed by atoms with E-state index in [9.17, 15) is 4.39 Å². The second-order valence-corrected chi connectivity index (χ2v) is 5.61. The van der Waals surface area contributed by atoms with Gasteiger partial charge in [-0.2, -0.15) is 0 Å². The first-order chi connectivity index (χ1) is 9.20. The number of hydrogen-bond donors (Lipinski definition) is 0. The molecule has 3 rings (SSSR count). The predicted molar refractivity (Wildman–Crippen MR) is 75.1 cm³/mol. The van der Waals surface area contributed by atoms with Crippen molar-refractivity contribution in [1.29, 1.82) is 0 Å². The lowest BCUT2D eigenvalue weighted by Crippen LogP contribution is -2.06. The normalized spacial score (nSPS) is 14.9. The smallest absolute Gasteiger partial charge is 0.143 e. The lowest BCUT2D eigenvalue weighted by molar-refractivity contribution is 0.605. The minimum absolute atomic E-state index is 0.293. The van der Waals surface area contributed by atoms with Crippen LogP contribution in [0.2, 0.25) is 5.02 Å². The van der Waals surface area contributed by atoms with E-state index in [0.29, 0.717) is 28.4 Å². The zero-order valence-electron chi connectivity index (χ0n) is 10.1. The van der Waals surface area contributed by atoms with Crippen LogP contribution >= 0.6 is 27.5 Å². The van der Waals surface area contributed by atoms with Crippen molar-refractivity contribution in [3.63, 3.8) is 0 Å². The van der Waals surface area contributed by atoms with Gasteiger partial charge in [0.2, 0.25) is 0 Å². The fourth-order valence-electron chi connectivity index (χ4n) is 2.19. The van der Waals surface area contributed by atoms with Crippen molar-refractivity contribution in [3.8, 4) is 0 Å². The molecule has 1 fully saturated rings. The van der Waals surface area contributed by atoms with E-state index in [1.165, 1.54) is 6.07 Å². The Hall–Kier alpha value is -0.940. The molecule has 0 radical (unpaired) electrons. The number of hydrogen-bond acceptors (Lipinski definition) is 2. The fourth-order valence-corrected chi connectivity index (χ4v) is 2.80. The van der Waals surface area contributed by atoms with Gasteiger partial charge in [0.25, 0.3) is 0 Å². The van der Waals surface area contributed by atoms with Gasteiger partial charge < -0.3 is 4.57 Å². The topological polar surface area (TPSA) is 30.7 Å². The molecule has 19 heavy (non-hydrogen) atoms. The Morgan fingerprint density at radius 1 is 1.32 bits per heavy atom. The number of aromatic nitrogens is 3. The average Bonchev–Trinajstić information content (AvgIpc) is 3.15. The Balaban J connectivity index is 1.97. The standard InChI is InChI=1S/C13H12BrClFN3/c14-7-13-18-17-12(19(13)8-4-5-8)6-9-10(15)2-1-3-11(9)16/h1-3,8H,4-7H2. The van der Waals surface area contributed by atoms with Crippen LogP contribution in [-0.4, -0.2) is 14.8 Å². The monoisotopic (exact) mass is 343 g/mol. The predicted octanol–water partition coefficient (Wildman–Crippen LogP) is 3.89. The summed E-state index contributed by atoms with van der Waals surface area (Å²) in [6, 6.07) is 5.19. The first-order valence-electron chi connectivity index (χ1n) is 6.12. The largest absolute Gasteiger partial charge is 0.311 e. The van der Waals surface area contributed by atoms with Crippen molar-refractivity contribution >= 4 is 27.5 Å². The highest BCUT2D eigenvalue weighted by molar-refractivity contribution is 9.08. The van der Waals surface area contributed by atoms with E-state index in [4.69, 9.17) is 11.6 Å². The van der Waals surface area contributed by atoms with Gasteiger partial charge >= 0.3 is 0 Å². The minimum Gasteiger partial charge on any atom is -0.311 e. The third-order valence-corrected chi connectivity index (χ3v) is 4.12.